The van der Waals surface area contributed by atoms with E-state index in [4.69, 9.17) is 16.3 Å². The van der Waals surface area contributed by atoms with Crippen LogP contribution in [-0.2, 0) is 0 Å². The van der Waals surface area contributed by atoms with Gasteiger partial charge in [-0.15, -0.1) is 0 Å². The third-order valence-corrected chi connectivity index (χ3v) is 5.05. The molecule has 3 amide bonds. The molecular formula is C20H22ClN3O3. The van der Waals surface area contributed by atoms with E-state index in [1.54, 1.807) is 30.1 Å². The van der Waals surface area contributed by atoms with Crippen LogP contribution in [0.3, 0.4) is 0 Å². The lowest BCUT2D eigenvalue weighted by molar-refractivity contribution is 0.0963. The fourth-order valence-electron chi connectivity index (χ4n) is 3.36. The number of benzene rings is 2. The predicted octanol–water partition coefficient (Wildman–Crippen LogP) is 4.08. The first kappa shape index (κ1) is 19.0. The second-order valence-electron chi connectivity index (χ2n) is 6.30. The SMILES string of the molecule is CNC(=O)c1ccc(OC)c(NC(=O)N2CCCC2c2ccccc2Cl)c1. The average Bonchev–Trinajstić information content (AvgIpc) is 3.17. The molecule has 2 aromatic rings. The van der Waals surface area contributed by atoms with Crippen molar-refractivity contribution in [3.8, 4) is 5.75 Å². The van der Waals surface area contributed by atoms with Crippen LogP contribution < -0.4 is 15.4 Å². The molecule has 1 aliphatic rings. The molecule has 2 N–H and O–H groups in total. The highest BCUT2D eigenvalue weighted by Gasteiger charge is 2.31. The summed E-state index contributed by atoms with van der Waals surface area (Å²) in [7, 11) is 3.08. The van der Waals surface area contributed by atoms with Gasteiger partial charge in [0.2, 0.25) is 0 Å². The fourth-order valence-corrected chi connectivity index (χ4v) is 3.62. The third-order valence-electron chi connectivity index (χ3n) is 4.71. The zero-order chi connectivity index (χ0) is 19.4. The van der Waals surface area contributed by atoms with E-state index in [0.717, 1.165) is 18.4 Å². The second-order valence-corrected chi connectivity index (χ2v) is 6.70. The van der Waals surface area contributed by atoms with Gasteiger partial charge in [0, 0.05) is 24.2 Å². The Morgan fingerprint density at radius 3 is 2.70 bits per heavy atom. The van der Waals surface area contributed by atoms with Crippen LogP contribution in [0.25, 0.3) is 0 Å². The van der Waals surface area contributed by atoms with Crippen LogP contribution in [0.5, 0.6) is 5.75 Å². The Bertz CT molecular complexity index is 856. The van der Waals surface area contributed by atoms with Crippen LogP contribution in [-0.4, -0.2) is 37.5 Å². The number of rotatable bonds is 4. The van der Waals surface area contributed by atoms with Gasteiger partial charge < -0.3 is 20.3 Å². The minimum absolute atomic E-state index is 0.0770. The van der Waals surface area contributed by atoms with Gasteiger partial charge in [-0.05, 0) is 42.7 Å². The quantitative estimate of drug-likeness (QED) is 0.830. The first-order chi connectivity index (χ1) is 13.0. The maximum atomic E-state index is 12.9. The highest BCUT2D eigenvalue weighted by molar-refractivity contribution is 6.31. The lowest BCUT2D eigenvalue weighted by Crippen LogP contribution is -2.34. The molecule has 1 fully saturated rings. The summed E-state index contributed by atoms with van der Waals surface area (Å²) in [6, 6.07) is 12.2. The Labute approximate surface area is 163 Å². The van der Waals surface area contributed by atoms with Gasteiger partial charge in [-0.3, -0.25) is 4.79 Å². The monoisotopic (exact) mass is 387 g/mol. The van der Waals surface area contributed by atoms with E-state index < -0.39 is 0 Å². The average molecular weight is 388 g/mol. The number of carbonyl (C=O) groups excluding carboxylic acids is 2. The number of nitrogens with zero attached hydrogens (tertiary/aromatic N) is 1. The smallest absolute Gasteiger partial charge is 0.322 e. The van der Waals surface area contributed by atoms with Crippen molar-refractivity contribution in [3.63, 3.8) is 0 Å². The molecule has 0 aliphatic carbocycles. The highest BCUT2D eigenvalue weighted by Crippen LogP contribution is 2.36. The summed E-state index contributed by atoms with van der Waals surface area (Å²) in [5, 5.41) is 6.11. The number of nitrogens with one attached hydrogen (secondary N) is 2. The normalized spacial score (nSPS) is 16.1. The molecule has 2 aromatic carbocycles. The molecule has 1 atom stereocenters. The fraction of sp³-hybridized carbons (Fsp3) is 0.300. The number of hydrogen-bond donors (Lipinski definition) is 2. The van der Waals surface area contributed by atoms with Crippen LogP contribution in [0.4, 0.5) is 10.5 Å². The van der Waals surface area contributed by atoms with Crippen molar-refractivity contribution < 1.29 is 14.3 Å². The number of halogens is 1. The lowest BCUT2D eigenvalue weighted by atomic mass is 10.0. The molecule has 27 heavy (non-hydrogen) atoms. The highest BCUT2D eigenvalue weighted by atomic mass is 35.5. The van der Waals surface area contributed by atoms with Gasteiger partial charge in [0.25, 0.3) is 5.91 Å². The van der Waals surface area contributed by atoms with Gasteiger partial charge in [0.1, 0.15) is 5.75 Å². The number of anilines is 1. The number of urea groups is 1. The third kappa shape index (κ3) is 4.01. The first-order valence-corrected chi connectivity index (χ1v) is 9.15. The zero-order valence-electron chi connectivity index (χ0n) is 15.3. The van der Waals surface area contributed by atoms with E-state index in [1.807, 2.05) is 24.3 Å². The van der Waals surface area contributed by atoms with Crippen molar-refractivity contribution in [2.75, 3.05) is 26.0 Å². The molecule has 0 saturated carbocycles. The van der Waals surface area contributed by atoms with E-state index in [9.17, 15) is 9.59 Å². The van der Waals surface area contributed by atoms with Crippen molar-refractivity contribution in [2.45, 2.75) is 18.9 Å². The van der Waals surface area contributed by atoms with Gasteiger partial charge in [0.05, 0.1) is 18.8 Å². The number of methoxy groups -OCH3 is 1. The number of likely N-dealkylation sites (tertiary alicyclic amines) is 1. The molecule has 0 radical (unpaired) electrons. The van der Waals surface area contributed by atoms with Gasteiger partial charge in [-0.2, -0.15) is 0 Å². The summed E-state index contributed by atoms with van der Waals surface area (Å²) in [4.78, 5) is 26.6. The maximum absolute atomic E-state index is 12.9. The second kappa shape index (κ2) is 8.31. The standard InChI is InChI=1S/C20H22ClN3O3/c1-22-19(25)13-9-10-18(27-2)16(12-13)23-20(26)24-11-5-8-17(24)14-6-3-4-7-15(14)21/h3-4,6-7,9-10,12,17H,5,8,11H2,1-2H3,(H,22,25)(H,23,26). The van der Waals surface area contributed by atoms with E-state index in [0.29, 0.717) is 28.6 Å². The lowest BCUT2D eigenvalue weighted by Gasteiger charge is -2.26. The topological polar surface area (TPSA) is 70.7 Å². The van der Waals surface area contributed by atoms with Crippen LogP contribution in [0.1, 0.15) is 34.8 Å². The molecule has 1 aliphatic heterocycles. The maximum Gasteiger partial charge on any atom is 0.322 e. The molecule has 1 saturated heterocycles. The number of ether oxygens (including phenoxy) is 1. The molecule has 7 heteroatoms. The molecule has 3 rings (SSSR count). The summed E-state index contributed by atoms with van der Waals surface area (Å²) in [5.74, 6) is 0.257. The van der Waals surface area contributed by atoms with Crippen LogP contribution in [0.15, 0.2) is 42.5 Å². The van der Waals surface area contributed by atoms with Gasteiger partial charge >= 0.3 is 6.03 Å². The molecule has 0 bridgehead atoms. The van der Waals surface area contributed by atoms with Gasteiger partial charge in [-0.1, -0.05) is 29.8 Å². The Balaban J connectivity index is 1.84. The minimum Gasteiger partial charge on any atom is -0.495 e. The minimum atomic E-state index is -0.246. The molecule has 0 aromatic heterocycles. The summed E-state index contributed by atoms with van der Waals surface area (Å²) < 4.78 is 5.32. The molecular weight excluding hydrogens is 366 g/mol. The Hall–Kier alpha value is -2.73. The van der Waals surface area contributed by atoms with Crippen molar-refractivity contribution in [3.05, 3.63) is 58.6 Å². The molecule has 6 nitrogen and oxygen atoms in total. The number of hydrogen-bond acceptors (Lipinski definition) is 3. The summed E-state index contributed by atoms with van der Waals surface area (Å²) >= 11 is 6.33. The summed E-state index contributed by atoms with van der Waals surface area (Å²) in [6.07, 6.45) is 1.76. The van der Waals surface area contributed by atoms with Crippen molar-refractivity contribution in [2.24, 2.45) is 0 Å². The predicted molar refractivity (Wildman–Crippen MR) is 106 cm³/mol. The Kier molecular flexibility index (Phi) is 5.86. The van der Waals surface area contributed by atoms with E-state index in [1.165, 1.54) is 7.11 Å². The van der Waals surface area contributed by atoms with Crippen LogP contribution in [0, 0.1) is 0 Å². The Morgan fingerprint density at radius 1 is 1.22 bits per heavy atom. The van der Waals surface area contributed by atoms with E-state index in [2.05, 4.69) is 10.6 Å². The van der Waals surface area contributed by atoms with Crippen LogP contribution >= 0.6 is 11.6 Å². The summed E-state index contributed by atoms with van der Waals surface area (Å²) in [5.41, 5.74) is 1.84. The van der Waals surface area contributed by atoms with Crippen molar-refractivity contribution >= 4 is 29.2 Å². The number of amides is 3. The molecule has 1 heterocycles. The van der Waals surface area contributed by atoms with Gasteiger partial charge in [-0.25, -0.2) is 4.79 Å². The molecule has 1 unspecified atom stereocenters. The largest absolute Gasteiger partial charge is 0.495 e. The molecule has 0 spiro atoms. The summed E-state index contributed by atoms with van der Waals surface area (Å²) in [6.45, 7) is 0.638. The number of carbonyl (C=O) groups is 2. The van der Waals surface area contributed by atoms with Gasteiger partial charge in [0.15, 0.2) is 0 Å². The Morgan fingerprint density at radius 2 is 2.00 bits per heavy atom. The van der Waals surface area contributed by atoms with Crippen molar-refractivity contribution in [1.29, 1.82) is 0 Å². The molecule has 142 valence electrons. The van der Waals surface area contributed by atoms with Crippen LogP contribution in [0.2, 0.25) is 5.02 Å². The van der Waals surface area contributed by atoms with E-state index >= 15 is 0 Å². The zero-order valence-corrected chi connectivity index (χ0v) is 16.0. The van der Waals surface area contributed by atoms with Crippen molar-refractivity contribution in [1.82, 2.24) is 10.2 Å². The first-order valence-electron chi connectivity index (χ1n) is 8.77. The van der Waals surface area contributed by atoms with E-state index in [-0.39, 0.29) is 18.0 Å².